The van der Waals surface area contributed by atoms with Crippen LogP contribution in [0.25, 0.3) is 0 Å². The lowest BCUT2D eigenvalue weighted by Crippen LogP contribution is -2.12. The molecular formula is C11H14ClNO. The second kappa shape index (κ2) is 4.30. The molecule has 0 radical (unpaired) electrons. The number of benzene rings is 1. The Balaban J connectivity index is 2.29. The lowest BCUT2D eigenvalue weighted by Gasteiger charge is -2.09. The van der Waals surface area contributed by atoms with E-state index in [4.69, 9.17) is 16.4 Å². The summed E-state index contributed by atoms with van der Waals surface area (Å²) < 4.78 is 0. The molecule has 76 valence electrons. The number of hydroxylamine groups is 1. The highest BCUT2D eigenvalue weighted by molar-refractivity contribution is 6.30. The van der Waals surface area contributed by atoms with Crippen molar-refractivity contribution in [3.05, 3.63) is 33.8 Å². The van der Waals surface area contributed by atoms with Crippen LogP contribution in [-0.4, -0.2) is 7.11 Å². The summed E-state index contributed by atoms with van der Waals surface area (Å²) in [4.78, 5) is 4.85. The van der Waals surface area contributed by atoms with Crippen molar-refractivity contribution in [3.8, 4) is 0 Å². The van der Waals surface area contributed by atoms with Gasteiger partial charge >= 0.3 is 0 Å². The van der Waals surface area contributed by atoms with Crippen molar-refractivity contribution in [1.82, 2.24) is 5.48 Å². The van der Waals surface area contributed by atoms with Gasteiger partial charge in [0, 0.05) is 11.6 Å². The molecule has 0 unspecified atom stereocenters. The zero-order valence-corrected chi connectivity index (χ0v) is 9.03. The molecule has 0 amide bonds. The van der Waals surface area contributed by atoms with Gasteiger partial charge in [-0.2, -0.15) is 5.48 Å². The molecule has 1 N–H and O–H groups in total. The van der Waals surface area contributed by atoms with Gasteiger partial charge in [0.2, 0.25) is 0 Å². The second-order valence-corrected chi connectivity index (χ2v) is 4.02. The third-order valence-electron chi connectivity index (χ3n) is 2.68. The largest absolute Gasteiger partial charge is 0.305 e. The molecule has 2 rings (SSSR count). The molecule has 3 heteroatoms. The number of nitrogens with one attached hydrogen (secondary N) is 1. The minimum absolute atomic E-state index is 0.736. The summed E-state index contributed by atoms with van der Waals surface area (Å²) in [5.41, 5.74) is 7.00. The zero-order chi connectivity index (χ0) is 9.97. The molecule has 0 heterocycles. The highest BCUT2D eigenvalue weighted by Crippen LogP contribution is 2.28. The molecule has 0 aliphatic heterocycles. The van der Waals surface area contributed by atoms with Gasteiger partial charge in [-0.1, -0.05) is 11.6 Å². The number of fused-ring (bicyclic) bond motifs is 1. The van der Waals surface area contributed by atoms with E-state index in [1.165, 1.54) is 29.5 Å². The SMILES string of the molecule is CONCc1cc(Cl)cc2c1CCC2. The second-order valence-electron chi connectivity index (χ2n) is 3.58. The predicted octanol–water partition coefficient (Wildman–Crippen LogP) is 2.48. The van der Waals surface area contributed by atoms with Crippen molar-refractivity contribution in [1.29, 1.82) is 0 Å². The fourth-order valence-electron chi connectivity index (χ4n) is 2.06. The van der Waals surface area contributed by atoms with Gasteiger partial charge in [-0.25, -0.2) is 0 Å². The van der Waals surface area contributed by atoms with Crippen LogP contribution in [0.2, 0.25) is 5.02 Å². The van der Waals surface area contributed by atoms with Crippen LogP contribution in [0.1, 0.15) is 23.1 Å². The summed E-state index contributed by atoms with van der Waals surface area (Å²) in [7, 11) is 1.63. The van der Waals surface area contributed by atoms with Crippen LogP contribution >= 0.6 is 11.6 Å². The maximum absolute atomic E-state index is 6.04. The first kappa shape index (κ1) is 9.97. The zero-order valence-electron chi connectivity index (χ0n) is 8.27. The van der Waals surface area contributed by atoms with Crippen LogP contribution in [-0.2, 0) is 24.2 Å². The summed E-state index contributed by atoms with van der Waals surface area (Å²) in [6.45, 7) is 0.736. The molecule has 0 atom stereocenters. The van der Waals surface area contributed by atoms with Crippen LogP contribution in [0, 0.1) is 0 Å². The van der Waals surface area contributed by atoms with E-state index in [1.54, 1.807) is 7.11 Å². The molecule has 0 saturated carbocycles. The molecule has 0 saturated heterocycles. The fraction of sp³-hybridized carbons (Fsp3) is 0.455. The van der Waals surface area contributed by atoms with Gasteiger partial charge in [0.25, 0.3) is 0 Å². The molecule has 0 aromatic heterocycles. The van der Waals surface area contributed by atoms with E-state index >= 15 is 0 Å². The molecule has 0 spiro atoms. The van der Waals surface area contributed by atoms with Gasteiger partial charge in [-0.15, -0.1) is 0 Å². The molecule has 1 aliphatic rings. The number of halogens is 1. The van der Waals surface area contributed by atoms with Gasteiger partial charge in [0.1, 0.15) is 0 Å². The van der Waals surface area contributed by atoms with E-state index in [0.717, 1.165) is 18.0 Å². The number of hydrogen-bond acceptors (Lipinski definition) is 2. The molecular weight excluding hydrogens is 198 g/mol. The van der Waals surface area contributed by atoms with Crippen molar-refractivity contribution in [2.75, 3.05) is 7.11 Å². The Labute approximate surface area is 89.2 Å². The first-order valence-corrected chi connectivity index (χ1v) is 5.25. The van der Waals surface area contributed by atoms with Crippen LogP contribution in [0.5, 0.6) is 0 Å². The Morgan fingerprint density at radius 1 is 1.43 bits per heavy atom. The Morgan fingerprint density at radius 2 is 2.29 bits per heavy atom. The summed E-state index contributed by atoms with van der Waals surface area (Å²) in [5, 5.41) is 0.832. The molecule has 1 aromatic rings. The quantitative estimate of drug-likeness (QED) is 0.776. The number of hydrogen-bond donors (Lipinski definition) is 1. The molecule has 1 aliphatic carbocycles. The van der Waals surface area contributed by atoms with Crippen LogP contribution in [0.15, 0.2) is 12.1 Å². The van der Waals surface area contributed by atoms with Crippen molar-refractivity contribution < 1.29 is 4.84 Å². The first-order chi connectivity index (χ1) is 6.81. The Bertz CT molecular complexity index is 338. The normalized spacial score (nSPS) is 14.4. The molecule has 0 bridgehead atoms. The van der Waals surface area contributed by atoms with Gasteiger partial charge in [0.05, 0.1) is 7.11 Å². The van der Waals surface area contributed by atoms with E-state index in [0.29, 0.717) is 0 Å². The minimum Gasteiger partial charge on any atom is -0.305 e. The van der Waals surface area contributed by atoms with E-state index in [-0.39, 0.29) is 0 Å². The van der Waals surface area contributed by atoms with Gasteiger partial charge < -0.3 is 4.84 Å². The summed E-state index contributed by atoms with van der Waals surface area (Å²) in [5.74, 6) is 0. The van der Waals surface area contributed by atoms with Crippen molar-refractivity contribution >= 4 is 11.6 Å². The first-order valence-electron chi connectivity index (χ1n) is 4.87. The molecule has 1 aromatic carbocycles. The van der Waals surface area contributed by atoms with E-state index in [9.17, 15) is 0 Å². The van der Waals surface area contributed by atoms with Gasteiger partial charge in [0.15, 0.2) is 0 Å². The lowest BCUT2D eigenvalue weighted by molar-refractivity contribution is 0.0865. The fourth-order valence-corrected chi connectivity index (χ4v) is 2.33. The topological polar surface area (TPSA) is 21.3 Å². The maximum atomic E-state index is 6.04. The monoisotopic (exact) mass is 211 g/mol. The number of aryl methyl sites for hydroxylation is 1. The Hall–Kier alpha value is -0.570. The average molecular weight is 212 g/mol. The minimum atomic E-state index is 0.736. The van der Waals surface area contributed by atoms with Crippen LogP contribution in [0.4, 0.5) is 0 Å². The van der Waals surface area contributed by atoms with Crippen molar-refractivity contribution in [2.45, 2.75) is 25.8 Å². The van der Waals surface area contributed by atoms with Crippen molar-refractivity contribution in [2.24, 2.45) is 0 Å². The molecule has 14 heavy (non-hydrogen) atoms. The third kappa shape index (κ3) is 1.92. The highest BCUT2D eigenvalue weighted by atomic mass is 35.5. The van der Waals surface area contributed by atoms with E-state index in [1.807, 2.05) is 6.07 Å². The Kier molecular flexibility index (Phi) is 3.06. The summed E-state index contributed by atoms with van der Waals surface area (Å²) in [6, 6.07) is 4.11. The standard InChI is InChI=1S/C11H14ClNO/c1-14-13-7-9-6-10(12)5-8-3-2-4-11(8)9/h5-6,13H,2-4,7H2,1H3. The smallest absolute Gasteiger partial charge is 0.0572 e. The van der Waals surface area contributed by atoms with E-state index < -0.39 is 0 Å². The summed E-state index contributed by atoms with van der Waals surface area (Å²) in [6.07, 6.45) is 3.58. The molecule has 0 fully saturated rings. The summed E-state index contributed by atoms with van der Waals surface area (Å²) >= 11 is 6.04. The lowest BCUT2D eigenvalue weighted by atomic mass is 10.0. The van der Waals surface area contributed by atoms with Crippen LogP contribution in [0.3, 0.4) is 0 Å². The third-order valence-corrected chi connectivity index (χ3v) is 2.90. The van der Waals surface area contributed by atoms with Crippen molar-refractivity contribution in [3.63, 3.8) is 0 Å². The average Bonchev–Trinajstić information content (AvgIpc) is 2.61. The van der Waals surface area contributed by atoms with Gasteiger partial charge in [-0.05, 0) is 48.1 Å². The van der Waals surface area contributed by atoms with Gasteiger partial charge in [-0.3, -0.25) is 0 Å². The maximum Gasteiger partial charge on any atom is 0.0572 e. The molecule has 2 nitrogen and oxygen atoms in total. The van der Waals surface area contributed by atoms with E-state index in [2.05, 4.69) is 11.5 Å². The highest BCUT2D eigenvalue weighted by Gasteiger charge is 2.15. The Morgan fingerprint density at radius 3 is 3.07 bits per heavy atom. The van der Waals surface area contributed by atoms with Crippen LogP contribution < -0.4 is 5.48 Å². The predicted molar refractivity (Wildman–Crippen MR) is 57.3 cm³/mol. The number of rotatable bonds is 3.